The van der Waals surface area contributed by atoms with Gasteiger partial charge in [-0.25, -0.2) is 0 Å². The highest BCUT2D eigenvalue weighted by atomic mass is 35.5. The summed E-state index contributed by atoms with van der Waals surface area (Å²) in [5, 5.41) is 5.37. The van der Waals surface area contributed by atoms with E-state index in [1.807, 2.05) is 13.2 Å². The summed E-state index contributed by atoms with van der Waals surface area (Å²) in [7, 11) is 1.84. The van der Waals surface area contributed by atoms with Gasteiger partial charge in [-0.1, -0.05) is 22.3 Å². The number of rotatable bonds is 3. The Balaban J connectivity index is 1.61. The van der Waals surface area contributed by atoms with Crippen LogP contribution in [0.3, 0.4) is 0 Å². The van der Waals surface area contributed by atoms with Crippen molar-refractivity contribution in [1.82, 2.24) is 20.7 Å². The van der Waals surface area contributed by atoms with Crippen LogP contribution >= 0.6 is 11.6 Å². The van der Waals surface area contributed by atoms with Gasteiger partial charge >= 0.3 is 12.1 Å². The van der Waals surface area contributed by atoms with Crippen molar-refractivity contribution in [2.75, 3.05) is 18.5 Å². The molecule has 3 heterocycles. The topological polar surface area (TPSA) is 66.7 Å². The maximum atomic E-state index is 12.7. The summed E-state index contributed by atoms with van der Waals surface area (Å²) < 4.78 is 42.3. The Kier molecular flexibility index (Phi) is 4.84. The van der Waals surface area contributed by atoms with Crippen molar-refractivity contribution in [3.05, 3.63) is 41.1 Å². The second kappa shape index (κ2) is 7.17. The molecule has 1 saturated heterocycles. The van der Waals surface area contributed by atoms with Gasteiger partial charge in [0.2, 0.25) is 5.82 Å². The average Bonchev–Trinajstić information content (AvgIpc) is 3.31. The van der Waals surface area contributed by atoms with Gasteiger partial charge in [-0.3, -0.25) is 5.01 Å². The molecule has 11 heteroatoms. The Morgan fingerprint density at radius 1 is 1.29 bits per heavy atom. The second-order valence-electron chi connectivity index (χ2n) is 6.63. The van der Waals surface area contributed by atoms with Crippen LogP contribution in [0.25, 0.3) is 11.4 Å². The summed E-state index contributed by atoms with van der Waals surface area (Å²) in [6.45, 7) is 0.811. The summed E-state index contributed by atoms with van der Waals surface area (Å²) >= 11 is 6.34. The smallest absolute Gasteiger partial charge is 0.390 e. The molecule has 2 aliphatic heterocycles. The highest BCUT2D eigenvalue weighted by Crippen LogP contribution is 2.36. The fraction of sp³-hybridized carbons (Fsp3) is 0.412. The third kappa shape index (κ3) is 3.61. The highest BCUT2D eigenvalue weighted by molar-refractivity contribution is 6.33. The molecule has 28 heavy (non-hydrogen) atoms. The molecular weight excluding hydrogens is 399 g/mol. The van der Waals surface area contributed by atoms with Crippen LogP contribution in [0.15, 0.2) is 34.7 Å². The summed E-state index contributed by atoms with van der Waals surface area (Å²) in [4.78, 5) is 11.1. The lowest BCUT2D eigenvalue weighted by molar-refractivity contribution is -0.159. The zero-order valence-corrected chi connectivity index (χ0v) is 15.6. The minimum absolute atomic E-state index is 0.0372. The van der Waals surface area contributed by atoms with Crippen molar-refractivity contribution in [2.45, 2.75) is 31.5 Å². The molecule has 0 amide bonds. The van der Waals surface area contributed by atoms with E-state index in [0.29, 0.717) is 0 Å². The lowest BCUT2D eigenvalue weighted by Crippen LogP contribution is -2.41. The van der Waals surface area contributed by atoms with Gasteiger partial charge in [0, 0.05) is 24.8 Å². The molecule has 1 fully saturated rings. The molecule has 2 aromatic rings. The van der Waals surface area contributed by atoms with Gasteiger partial charge in [0.15, 0.2) is 5.76 Å². The number of benzene rings is 1. The van der Waals surface area contributed by atoms with E-state index in [4.69, 9.17) is 16.4 Å². The first-order valence-corrected chi connectivity index (χ1v) is 9.05. The van der Waals surface area contributed by atoms with Gasteiger partial charge in [-0.2, -0.15) is 18.2 Å². The number of hydrazine groups is 1. The van der Waals surface area contributed by atoms with Gasteiger partial charge < -0.3 is 14.3 Å². The summed E-state index contributed by atoms with van der Waals surface area (Å²) in [5.74, 6) is -0.803. The third-order valence-electron chi connectivity index (χ3n) is 4.65. The summed E-state index contributed by atoms with van der Waals surface area (Å²) in [5.41, 5.74) is 3.88. The lowest BCUT2D eigenvalue weighted by atomic mass is 9.99. The van der Waals surface area contributed by atoms with Crippen LogP contribution in [0.1, 0.15) is 25.2 Å². The van der Waals surface area contributed by atoms with Crippen LogP contribution in [0.4, 0.5) is 18.9 Å². The minimum atomic E-state index is -4.70. The molecular formula is C17H17ClF3N5O2. The van der Waals surface area contributed by atoms with Crippen molar-refractivity contribution in [2.24, 2.45) is 0 Å². The Bertz CT molecular complexity index is 901. The highest BCUT2D eigenvalue weighted by Gasteiger charge is 2.38. The molecule has 0 bridgehead atoms. The zero-order chi connectivity index (χ0) is 19.9. The van der Waals surface area contributed by atoms with Crippen LogP contribution in [0.2, 0.25) is 5.02 Å². The molecule has 0 saturated carbocycles. The molecule has 1 aromatic carbocycles. The van der Waals surface area contributed by atoms with Crippen molar-refractivity contribution < 1.29 is 22.5 Å². The van der Waals surface area contributed by atoms with E-state index in [2.05, 4.69) is 25.2 Å². The van der Waals surface area contributed by atoms with E-state index in [1.54, 1.807) is 23.2 Å². The Labute approximate surface area is 163 Å². The van der Waals surface area contributed by atoms with Crippen LogP contribution in [-0.2, 0) is 11.0 Å². The maximum absolute atomic E-state index is 12.7. The third-order valence-corrected chi connectivity index (χ3v) is 4.97. The lowest BCUT2D eigenvalue weighted by Gasteiger charge is -2.37. The van der Waals surface area contributed by atoms with Crippen molar-refractivity contribution >= 4 is 17.3 Å². The largest absolute Gasteiger partial charge is 0.471 e. The number of nitrogens with one attached hydrogen (secondary N) is 1. The molecule has 1 aromatic heterocycles. The first-order chi connectivity index (χ1) is 13.3. The standard InChI is InChI=1S/C17H17ClF3N5O2/c1-25-9-14(27-24-25)13-4-2-3-7-26(13)10-5-6-11(12(18)8-10)15-22-16(28-23-15)17(19,20)21/h5-6,8-9,13,24H,2-4,7H2,1H3. The van der Waals surface area contributed by atoms with E-state index in [9.17, 15) is 13.2 Å². The Morgan fingerprint density at radius 3 is 2.75 bits per heavy atom. The first-order valence-electron chi connectivity index (χ1n) is 8.67. The molecule has 1 atom stereocenters. The Hall–Kier alpha value is -2.46. The monoisotopic (exact) mass is 415 g/mol. The second-order valence-corrected chi connectivity index (χ2v) is 7.03. The fourth-order valence-electron chi connectivity index (χ4n) is 3.37. The van der Waals surface area contributed by atoms with Gasteiger partial charge in [-0.15, -0.1) is 0 Å². The molecule has 7 nitrogen and oxygen atoms in total. The minimum Gasteiger partial charge on any atom is -0.390 e. The van der Waals surface area contributed by atoms with E-state index in [1.165, 1.54) is 0 Å². The molecule has 0 aliphatic carbocycles. The van der Waals surface area contributed by atoms with Gasteiger partial charge in [-0.05, 0) is 37.5 Å². The molecule has 0 radical (unpaired) electrons. The van der Waals surface area contributed by atoms with Gasteiger partial charge in [0.05, 0.1) is 17.3 Å². The number of alkyl halides is 3. The molecule has 0 spiro atoms. The van der Waals surface area contributed by atoms with Crippen molar-refractivity contribution in [3.63, 3.8) is 0 Å². The maximum Gasteiger partial charge on any atom is 0.471 e. The quantitative estimate of drug-likeness (QED) is 0.813. The Morgan fingerprint density at radius 2 is 2.11 bits per heavy atom. The van der Waals surface area contributed by atoms with Crippen LogP contribution < -0.4 is 10.5 Å². The first kappa shape index (κ1) is 18.9. The van der Waals surface area contributed by atoms with E-state index < -0.39 is 12.1 Å². The molecule has 1 unspecified atom stereocenters. The molecule has 2 aliphatic rings. The predicted molar refractivity (Wildman–Crippen MR) is 94.8 cm³/mol. The van der Waals surface area contributed by atoms with E-state index in [-0.39, 0.29) is 22.5 Å². The number of anilines is 1. The normalized spacial score (nSPS) is 20.3. The average molecular weight is 416 g/mol. The zero-order valence-electron chi connectivity index (χ0n) is 14.8. The number of halogens is 4. The van der Waals surface area contributed by atoms with Crippen LogP contribution in [0.5, 0.6) is 0 Å². The SMILES string of the molecule is CN1C=C(C2CCCCN2c2ccc(-c3noc(C(F)(F)F)n3)c(Cl)c2)ON1. The molecule has 1 N–H and O–H groups in total. The molecule has 150 valence electrons. The predicted octanol–water partition coefficient (Wildman–Crippen LogP) is 3.99. The van der Waals surface area contributed by atoms with Crippen LogP contribution in [-0.4, -0.2) is 34.8 Å². The molecule has 4 rings (SSSR count). The summed E-state index contributed by atoms with van der Waals surface area (Å²) in [6, 6.07) is 5.12. The van der Waals surface area contributed by atoms with Crippen molar-refractivity contribution in [3.8, 4) is 11.4 Å². The number of nitrogens with zero attached hydrogens (tertiary/aromatic N) is 4. The number of hydrogen-bond acceptors (Lipinski definition) is 7. The van der Waals surface area contributed by atoms with E-state index >= 15 is 0 Å². The number of piperidine rings is 1. The summed E-state index contributed by atoms with van der Waals surface area (Å²) in [6.07, 6.45) is 0.193. The van der Waals surface area contributed by atoms with E-state index in [0.717, 1.165) is 37.3 Å². The van der Waals surface area contributed by atoms with Gasteiger partial charge in [0.25, 0.3) is 0 Å². The number of aromatic nitrogens is 2. The van der Waals surface area contributed by atoms with Gasteiger partial charge in [0.1, 0.15) is 0 Å². The fourth-order valence-corrected chi connectivity index (χ4v) is 3.63. The number of hydrogen-bond donors (Lipinski definition) is 1. The van der Waals surface area contributed by atoms with Crippen molar-refractivity contribution in [1.29, 1.82) is 0 Å². The van der Waals surface area contributed by atoms with Crippen LogP contribution in [0, 0.1) is 0 Å².